The number of fused-ring (bicyclic) bond motifs is 5. The second-order valence-corrected chi connectivity index (χ2v) is 16.7. The summed E-state index contributed by atoms with van der Waals surface area (Å²) < 4.78 is 0. The third-order valence-electron chi connectivity index (χ3n) is 10.9. The molecule has 2 heteroatoms. The predicted molar refractivity (Wildman–Crippen MR) is 242 cm³/mol. The van der Waals surface area contributed by atoms with Crippen molar-refractivity contribution in [3.63, 3.8) is 0 Å². The van der Waals surface area contributed by atoms with E-state index in [4.69, 9.17) is 0 Å². The van der Waals surface area contributed by atoms with Crippen LogP contribution < -0.4 is 10.4 Å². The van der Waals surface area contributed by atoms with Crippen molar-refractivity contribution in [2.24, 2.45) is 0 Å². The summed E-state index contributed by atoms with van der Waals surface area (Å²) in [6.45, 7) is 13.5. The summed E-state index contributed by atoms with van der Waals surface area (Å²) >= 11 is 0. The van der Waals surface area contributed by atoms with Crippen LogP contribution in [0.5, 0.6) is 0 Å². The Bertz CT molecular complexity index is 2330. The van der Waals surface area contributed by atoms with Crippen LogP contribution >= 0.6 is 0 Å². The molecule has 0 fully saturated rings. The van der Waals surface area contributed by atoms with E-state index in [0.717, 1.165) is 22.4 Å². The molecule has 0 spiro atoms. The summed E-state index contributed by atoms with van der Waals surface area (Å²) in [4.78, 5) is 0. The van der Waals surface area contributed by atoms with Gasteiger partial charge >= 0.3 is 0 Å². The Morgan fingerprint density at radius 1 is 0.500 bits per heavy atom. The average molecular weight is 909 g/mol. The Labute approximate surface area is 357 Å². The Kier molecular flexibility index (Phi) is 14.1. The van der Waals surface area contributed by atoms with E-state index in [-0.39, 0.29) is 25.8 Å². The fraction of sp³-hybridized carbons (Fsp3) is 0.222. The maximum absolute atomic E-state index is 3.31. The molecule has 0 aromatic heterocycles. The minimum Gasteiger partial charge on any atom is -0.184 e. The van der Waals surface area contributed by atoms with Gasteiger partial charge in [-0.2, -0.15) is 41.6 Å². The van der Waals surface area contributed by atoms with E-state index in [2.05, 4.69) is 193 Å². The normalized spacial score (nSPS) is 11.4. The summed E-state index contributed by atoms with van der Waals surface area (Å²) in [6, 6.07) is 58.6. The van der Waals surface area contributed by atoms with Gasteiger partial charge < -0.3 is 0 Å². The van der Waals surface area contributed by atoms with Crippen LogP contribution in [-0.4, -0.2) is 9.52 Å². The number of rotatable bonds is 8. The quantitative estimate of drug-likeness (QED) is 0.105. The fourth-order valence-corrected chi connectivity index (χ4v) is 9.23. The van der Waals surface area contributed by atoms with Crippen molar-refractivity contribution in [2.75, 3.05) is 0 Å². The van der Waals surface area contributed by atoms with Crippen molar-refractivity contribution in [3.8, 4) is 33.4 Å². The molecule has 0 saturated heterocycles. The van der Waals surface area contributed by atoms with Crippen LogP contribution in [-0.2, 0) is 38.7 Å². The Balaban J connectivity index is 0.000000145. The van der Waals surface area contributed by atoms with Crippen LogP contribution in [0.4, 0.5) is 0 Å². The molecule has 0 atom stereocenters. The topological polar surface area (TPSA) is 0 Å². The molecule has 0 bridgehead atoms. The van der Waals surface area contributed by atoms with Gasteiger partial charge in [-0.25, -0.2) is 0 Å². The molecule has 8 aromatic rings. The minimum absolute atomic E-state index is 0. The van der Waals surface area contributed by atoms with Gasteiger partial charge in [0.1, 0.15) is 0 Å². The molecule has 0 N–H and O–H groups in total. The predicted octanol–water partition coefficient (Wildman–Crippen LogP) is 13.7. The molecule has 0 aliphatic carbocycles. The van der Waals surface area contributed by atoms with Gasteiger partial charge in [0.2, 0.25) is 0 Å². The van der Waals surface area contributed by atoms with Crippen LogP contribution in [0.25, 0.3) is 54.9 Å². The van der Waals surface area contributed by atoms with Gasteiger partial charge in [-0.1, -0.05) is 161 Å². The summed E-state index contributed by atoms with van der Waals surface area (Å²) in [6.07, 6.45) is 4.66. The molecule has 8 aromatic carbocycles. The van der Waals surface area contributed by atoms with E-state index in [9.17, 15) is 0 Å². The molecule has 1 aliphatic rings. The molecule has 9 rings (SSSR count). The molecule has 0 amide bonds. The first-order chi connectivity index (χ1) is 26.9. The van der Waals surface area contributed by atoms with Gasteiger partial charge in [-0.15, -0.1) is 74.6 Å². The number of aryl methyl sites for hydroxylation is 2. The fourth-order valence-electron chi connectivity index (χ4n) is 7.92. The van der Waals surface area contributed by atoms with Crippen molar-refractivity contribution < 1.29 is 25.8 Å². The molecule has 56 heavy (non-hydrogen) atoms. The number of hydrogen-bond donors (Lipinski definition) is 0. The zero-order valence-electron chi connectivity index (χ0n) is 33.9. The molecule has 1 aliphatic heterocycles. The van der Waals surface area contributed by atoms with Gasteiger partial charge in [0.15, 0.2) is 0 Å². The van der Waals surface area contributed by atoms with Gasteiger partial charge in [-0.3, -0.25) is 0 Å². The second-order valence-electron chi connectivity index (χ2n) is 15.4. The monoisotopic (exact) mass is 909 g/mol. The molecule has 0 unspecified atom stereocenters. The first kappa shape index (κ1) is 41.3. The van der Waals surface area contributed by atoms with E-state index in [1.54, 1.807) is 0 Å². The van der Waals surface area contributed by atoms with E-state index in [1.165, 1.54) is 100 Å². The standard InChI is InChI=1S/2C21H23.C12H7Si.Hf/c2*1-4-8-16-9-5-6-11-19(16)20-12-7-10-17-13-18(15(2)3)14-21(17)20;1-3-7-11-9(5-1)10-6-2-4-8-12(10)13-11;/h2*5-7,9-15H,4,8H2,1-3H3;1-7H;/q3*-1;. The van der Waals surface area contributed by atoms with Gasteiger partial charge in [-0.05, 0) is 46.9 Å². The Hall–Kier alpha value is -4.37. The van der Waals surface area contributed by atoms with Gasteiger partial charge in [0, 0.05) is 25.8 Å². The van der Waals surface area contributed by atoms with Crippen LogP contribution in [0.3, 0.4) is 0 Å². The van der Waals surface area contributed by atoms with Crippen LogP contribution in [0, 0.1) is 6.07 Å². The summed E-state index contributed by atoms with van der Waals surface area (Å²) in [5.41, 5.74) is 14.1. The third-order valence-corrected chi connectivity index (χ3v) is 12.2. The van der Waals surface area contributed by atoms with E-state index < -0.39 is 0 Å². The zero-order chi connectivity index (χ0) is 38.3. The third kappa shape index (κ3) is 9.09. The Morgan fingerprint density at radius 2 is 0.946 bits per heavy atom. The molecular weight excluding hydrogens is 855 g/mol. The van der Waals surface area contributed by atoms with E-state index >= 15 is 0 Å². The zero-order valence-corrected chi connectivity index (χ0v) is 38.5. The van der Waals surface area contributed by atoms with Crippen molar-refractivity contribution >= 4 is 41.4 Å². The summed E-state index contributed by atoms with van der Waals surface area (Å²) in [5, 5.41) is 8.34. The smallest absolute Gasteiger partial charge is 0.0920 e. The summed E-state index contributed by atoms with van der Waals surface area (Å²) in [5.74, 6) is 1.16. The molecule has 2 radical (unpaired) electrons. The minimum atomic E-state index is 0. The number of benzene rings is 6. The van der Waals surface area contributed by atoms with Crippen molar-refractivity contribution in [1.29, 1.82) is 0 Å². The SMILES string of the molecule is CCCc1ccccc1-c1cccc2[cH-]c(C(C)C)cc12.CCCc1ccccc1-c1cccc2[cH-]c(C(C)C)cc12.[Hf].[c-]1cccc2c1[Si]c1ccccc1-2. The average Bonchev–Trinajstić information content (AvgIpc) is 3.95. The molecular formula is C54H53HfSi-3. The van der Waals surface area contributed by atoms with Crippen LogP contribution in [0.2, 0.25) is 0 Å². The molecule has 0 saturated carbocycles. The van der Waals surface area contributed by atoms with Gasteiger partial charge in [0.05, 0.1) is 9.52 Å². The van der Waals surface area contributed by atoms with Gasteiger partial charge in [0.25, 0.3) is 0 Å². The molecule has 280 valence electrons. The van der Waals surface area contributed by atoms with E-state index in [0.29, 0.717) is 11.8 Å². The maximum Gasteiger partial charge on any atom is 0.0920 e. The van der Waals surface area contributed by atoms with Crippen molar-refractivity contribution in [2.45, 2.75) is 79.1 Å². The van der Waals surface area contributed by atoms with Crippen LogP contribution in [0.15, 0.2) is 152 Å². The first-order valence-electron chi connectivity index (χ1n) is 20.3. The largest absolute Gasteiger partial charge is 0.184 e. The summed E-state index contributed by atoms with van der Waals surface area (Å²) in [7, 11) is 0.795. The maximum atomic E-state index is 3.31. The second kappa shape index (κ2) is 19.2. The molecule has 1 heterocycles. The molecule has 0 nitrogen and oxygen atoms in total. The van der Waals surface area contributed by atoms with Crippen molar-refractivity contribution in [3.05, 3.63) is 180 Å². The first-order valence-corrected chi connectivity index (χ1v) is 21.3. The van der Waals surface area contributed by atoms with Crippen LogP contribution in [0.1, 0.15) is 88.5 Å². The van der Waals surface area contributed by atoms with Crippen molar-refractivity contribution in [1.82, 2.24) is 0 Å². The van der Waals surface area contributed by atoms with E-state index in [1.807, 2.05) is 6.07 Å². The Morgan fingerprint density at radius 3 is 1.45 bits per heavy atom. The number of hydrogen-bond acceptors (Lipinski definition) is 0.